The maximum absolute atomic E-state index is 4.46. The minimum absolute atomic E-state index is 0.838. The summed E-state index contributed by atoms with van der Waals surface area (Å²) < 4.78 is 2.32. The van der Waals surface area contributed by atoms with Crippen LogP contribution >= 0.6 is 11.8 Å². The van der Waals surface area contributed by atoms with Gasteiger partial charge in [-0.05, 0) is 25.0 Å². The molecular formula is C10H16N2S. The van der Waals surface area contributed by atoms with Crippen LogP contribution in [0.25, 0.3) is 0 Å². The molecule has 0 bridgehead atoms. The lowest BCUT2D eigenvalue weighted by Gasteiger charge is -2.21. The van der Waals surface area contributed by atoms with Gasteiger partial charge in [-0.15, -0.1) is 0 Å². The van der Waals surface area contributed by atoms with Gasteiger partial charge in [0.1, 0.15) is 0 Å². The van der Waals surface area contributed by atoms with Crippen molar-refractivity contribution in [3.63, 3.8) is 0 Å². The summed E-state index contributed by atoms with van der Waals surface area (Å²) in [6.07, 6.45) is 6.67. The van der Waals surface area contributed by atoms with E-state index >= 15 is 0 Å². The maximum Gasteiger partial charge on any atom is 0.0952 e. The third-order valence-corrected chi connectivity index (χ3v) is 3.28. The van der Waals surface area contributed by atoms with Gasteiger partial charge in [-0.3, -0.25) is 0 Å². The van der Waals surface area contributed by atoms with Crippen molar-refractivity contribution in [2.75, 3.05) is 6.26 Å². The number of hydrogen-bond acceptors (Lipinski definition) is 2. The summed E-state index contributed by atoms with van der Waals surface area (Å²) in [6, 6.07) is 0. The van der Waals surface area contributed by atoms with Crippen LogP contribution < -0.4 is 0 Å². The summed E-state index contributed by atoms with van der Waals surface area (Å²) in [4.78, 5) is 4.46. The van der Waals surface area contributed by atoms with Crippen molar-refractivity contribution in [2.24, 2.45) is 5.92 Å². The molecule has 0 saturated heterocycles. The van der Waals surface area contributed by atoms with Crippen LogP contribution in [-0.2, 0) is 18.7 Å². The number of hydrogen-bond donors (Lipinski definition) is 0. The molecule has 0 N–H and O–H groups in total. The van der Waals surface area contributed by atoms with E-state index in [4.69, 9.17) is 0 Å². The zero-order valence-corrected chi connectivity index (χ0v) is 9.10. The molecule has 72 valence electrons. The van der Waals surface area contributed by atoms with Gasteiger partial charge in [0.2, 0.25) is 0 Å². The first-order valence-electron chi connectivity index (χ1n) is 4.83. The van der Waals surface area contributed by atoms with E-state index in [9.17, 15) is 0 Å². The largest absolute Gasteiger partial charge is 0.334 e. The first-order chi connectivity index (χ1) is 6.31. The zero-order valence-electron chi connectivity index (χ0n) is 8.29. The Morgan fingerprint density at radius 2 is 2.54 bits per heavy atom. The molecule has 0 aliphatic carbocycles. The number of imidazole rings is 1. The van der Waals surface area contributed by atoms with Crippen LogP contribution in [0.5, 0.6) is 0 Å². The topological polar surface area (TPSA) is 17.8 Å². The molecule has 1 aliphatic rings. The highest BCUT2D eigenvalue weighted by molar-refractivity contribution is 7.97. The lowest BCUT2D eigenvalue weighted by atomic mass is 9.97. The second kappa shape index (κ2) is 3.74. The Morgan fingerprint density at radius 1 is 1.69 bits per heavy atom. The van der Waals surface area contributed by atoms with Crippen molar-refractivity contribution in [2.45, 2.75) is 32.1 Å². The van der Waals surface area contributed by atoms with Gasteiger partial charge in [0.15, 0.2) is 0 Å². The predicted molar refractivity (Wildman–Crippen MR) is 56.9 cm³/mol. The van der Waals surface area contributed by atoms with Gasteiger partial charge in [-0.25, -0.2) is 4.98 Å². The average Bonchev–Trinajstić information content (AvgIpc) is 2.49. The van der Waals surface area contributed by atoms with E-state index < -0.39 is 0 Å². The highest BCUT2D eigenvalue weighted by Gasteiger charge is 2.18. The fraction of sp³-hybridized carbons (Fsp3) is 0.700. The molecule has 1 aliphatic heterocycles. The zero-order chi connectivity index (χ0) is 9.26. The van der Waals surface area contributed by atoms with Crippen molar-refractivity contribution in [1.29, 1.82) is 0 Å². The van der Waals surface area contributed by atoms with Crippen LogP contribution in [0.3, 0.4) is 0 Å². The number of rotatable bonds is 2. The Kier molecular flexibility index (Phi) is 2.63. The molecule has 2 nitrogen and oxygen atoms in total. The summed E-state index contributed by atoms with van der Waals surface area (Å²) in [6.45, 7) is 3.50. The van der Waals surface area contributed by atoms with Crippen molar-refractivity contribution >= 4 is 11.8 Å². The lowest BCUT2D eigenvalue weighted by Crippen LogP contribution is -2.16. The molecule has 0 fully saturated rings. The van der Waals surface area contributed by atoms with E-state index in [1.807, 2.05) is 18.1 Å². The first-order valence-corrected chi connectivity index (χ1v) is 6.22. The molecule has 0 amide bonds. The molecule has 0 aromatic carbocycles. The normalized spacial score (nSPS) is 21.5. The monoisotopic (exact) mass is 196 g/mol. The Labute approximate surface area is 83.7 Å². The highest BCUT2D eigenvalue weighted by Crippen LogP contribution is 2.23. The van der Waals surface area contributed by atoms with Crippen LogP contribution in [0.1, 0.15) is 24.7 Å². The first kappa shape index (κ1) is 9.13. The molecule has 0 spiro atoms. The van der Waals surface area contributed by atoms with Crippen LogP contribution in [0.4, 0.5) is 0 Å². The quantitative estimate of drug-likeness (QED) is 0.722. The lowest BCUT2D eigenvalue weighted by molar-refractivity contribution is 0.415. The predicted octanol–water partition coefficient (Wildman–Crippen LogP) is 2.33. The van der Waals surface area contributed by atoms with Gasteiger partial charge in [0.25, 0.3) is 0 Å². The number of aromatic nitrogens is 2. The average molecular weight is 196 g/mol. The Morgan fingerprint density at radius 3 is 3.31 bits per heavy atom. The fourth-order valence-corrected chi connectivity index (χ4v) is 2.44. The van der Waals surface area contributed by atoms with Crippen molar-refractivity contribution in [1.82, 2.24) is 9.55 Å². The fourth-order valence-electron chi connectivity index (χ4n) is 1.93. The van der Waals surface area contributed by atoms with Gasteiger partial charge >= 0.3 is 0 Å². The summed E-state index contributed by atoms with van der Waals surface area (Å²) >= 11 is 1.86. The summed E-state index contributed by atoms with van der Waals surface area (Å²) in [5.74, 6) is 1.90. The molecule has 2 heterocycles. The third kappa shape index (κ3) is 1.75. The molecular weight excluding hydrogens is 180 g/mol. The van der Waals surface area contributed by atoms with Gasteiger partial charge < -0.3 is 4.57 Å². The van der Waals surface area contributed by atoms with Crippen LogP contribution in [-0.4, -0.2) is 15.8 Å². The standard InChI is InChI=1S/C10H16N2S/c1-8-3-4-12-7-11-9(6-13-2)10(12)5-8/h7-8H,3-6H2,1-2H3. The van der Waals surface area contributed by atoms with E-state index in [0.717, 1.165) is 18.2 Å². The van der Waals surface area contributed by atoms with E-state index in [1.165, 1.54) is 24.2 Å². The van der Waals surface area contributed by atoms with E-state index in [2.05, 4.69) is 22.7 Å². The van der Waals surface area contributed by atoms with E-state index in [0.29, 0.717) is 0 Å². The Bertz CT molecular complexity index is 293. The summed E-state index contributed by atoms with van der Waals surface area (Å²) in [5, 5.41) is 0. The van der Waals surface area contributed by atoms with Crippen molar-refractivity contribution in [3.8, 4) is 0 Å². The Hall–Kier alpha value is -0.440. The smallest absolute Gasteiger partial charge is 0.0952 e. The second-order valence-electron chi connectivity index (χ2n) is 3.86. The molecule has 1 unspecified atom stereocenters. The highest BCUT2D eigenvalue weighted by atomic mass is 32.2. The summed E-state index contributed by atoms with van der Waals surface area (Å²) in [7, 11) is 0. The van der Waals surface area contributed by atoms with Gasteiger partial charge in [0.05, 0.1) is 12.0 Å². The van der Waals surface area contributed by atoms with Gasteiger partial charge in [-0.2, -0.15) is 11.8 Å². The van der Waals surface area contributed by atoms with Gasteiger partial charge in [0, 0.05) is 18.0 Å². The van der Waals surface area contributed by atoms with E-state index in [-0.39, 0.29) is 0 Å². The third-order valence-electron chi connectivity index (χ3n) is 2.72. The molecule has 1 aromatic rings. The molecule has 0 radical (unpaired) electrons. The number of thioether (sulfide) groups is 1. The SMILES string of the molecule is CSCc1ncn2c1CC(C)CC2. The van der Waals surface area contributed by atoms with Crippen molar-refractivity contribution in [3.05, 3.63) is 17.7 Å². The number of fused-ring (bicyclic) bond motifs is 1. The molecule has 3 heteroatoms. The number of aryl methyl sites for hydroxylation is 1. The Balaban J connectivity index is 2.25. The van der Waals surface area contributed by atoms with Gasteiger partial charge in [-0.1, -0.05) is 6.92 Å². The maximum atomic E-state index is 4.46. The molecule has 0 saturated carbocycles. The molecule has 13 heavy (non-hydrogen) atoms. The van der Waals surface area contributed by atoms with Crippen molar-refractivity contribution < 1.29 is 0 Å². The van der Waals surface area contributed by atoms with Crippen LogP contribution in [0.15, 0.2) is 6.33 Å². The summed E-state index contributed by atoms with van der Waals surface area (Å²) in [5.41, 5.74) is 2.78. The second-order valence-corrected chi connectivity index (χ2v) is 4.73. The molecule has 1 atom stereocenters. The minimum Gasteiger partial charge on any atom is -0.334 e. The molecule has 1 aromatic heterocycles. The van der Waals surface area contributed by atoms with E-state index in [1.54, 1.807) is 0 Å². The van der Waals surface area contributed by atoms with Crippen LogP contribution in [0.2, 0.25) is 0 Å². The van der Waals surface area contributed by atoms with Crippen LogP contribution in [0, 0.1) is 5.92 Å². The number of nitrogens with zero attached hydrogens (tertiary/aromatic N) is 2. The minimum atomic E-state index is 0.838. The molecule has 2 rings (SSSR count).